The van der Waals surface area contributed by atoms with Crippen LogP contribution in [0.15, 0.2) is 103 Å². The zero-order valence-corrected chi connectivity index (χ0v) is 46.9. The van der Waals surface area contributed by atoms with E-state index in [1.165, 1.54) is 0 Å². The first kappa shape index (κ1) is 57.1. The predicted octanol–water partition coefficient (Wildman–Crippen LogP) is 14.1. The Morgan fingerprint density at radius 2 is 0.813 bits per heavy atom. The maximum absolute atomic E-state index is 13.7. The fourth-order valence-electron chi connectivity index (χ4n) is 9.06. The van der Waals surface area contributed by atoms with Crippen molar-refractivity contribution in [2.24, 2.45) is 5.41 Å². The standard InChI is InChI=1S/C64H76O11/c1-39-28-44(24-26-53(39)69-36-55(66)73-62(8,9)10)46-30-41(3)59(71-35-48(65)34-61(5,6)7)51(32-46)58(50-23-19-21-43-20-17-18-22-49(43)50)52-33-47(31-42(4)60(52)72-38-57(68)75-64(14,15)16)45-25-27-54(40(2)29-45)70-37-56(67)74-63(11,12)13/h17-33,58H,34-38H2,1-16H3. The van der Waals surface area contributed by atoms with Crippen molar-refractivity contribution < 1.29 is 52.3 Å². The van der Waals surface area contributed by atoms with Gasteiger partial charge in [-0.2, -0.15) is 0 Å². The maximum atomic E-state index is 13.7. The van der Waals surface area contributed by atoms with Gasteiger partial charge in [0.1, 0.15) is 46.4 Å². The fourth-order valence-corrected chi connectivity index (χ4v) is 9.06. The number of Topliss-reactive ketones (excluding diaryl/α,β-unsaturated/α-hetero) is 1. The van der Waals surface area contributed by atoms with E-state index >= 15 is 0 Å². The molecule has 0 aliphatic heterocycles. The topological polar surface area (TPSA) is 133 Å². The molecule has 0 fully saturated rings. The molecule has 11 nitrogen and oxygen atoms in total. The van der Waals surface area contributed by atoms with Gasteiger partial charge < -0.3 is 33.2 Å². The number of ketones is 1. The second-order valence-electron chi connectivity index (χ2n) is 23.6. The highest BCUT2D eigenvalue weighted by atomic mass is 16.6. The largest absolute Gasteiger partial charge is 0.485 e. The van der Waals surface area contributed by atoms with Crippen LogP contribution in [0.5, 0.6) is 23.0 Å². The summed E-state index contributed by atoms with van der Waals surface area (Å²) in [6, 6.07) is 34.3. The molecule has 6 aromatic carbocycles. The summed E-state index contributed by atoms with van der Waals surface area (Å²) in [5.74, 6) is -0.0190. The molecular weight excluding hydrogens is 945 g/mol. The number of ether oxygens (including phenoxy) is 7. The van der Waals surface area contributed by atoms with Crippen LogP contribution >= 0.6 is 0 Å². The summed E-state index contributed by atoms with van der Waals surface area (Å²) in [5, 5.41) is 1.99. The summed E-state index contributed by atoms with van der Waals surface area (Å²) < 4.78 is 42.2. The molecule has 0 heterocycles. The molecule has 0 N–H and O–H groups in total. The van der Waals surface area contributed by atoms with E-state index in [9.17, 15) is 19.2 Å². The average Bonchev–Trinajstić information content (AvgIpc) is 3.27. The SMILES string of the molecule is Cc1cc(-c2cc(C)c(OCC(=O)CC(C)(C)C)c(C(c3cc(-c4ccc(OCC(=O)OC(C)(C)C)c(C)c4)cc(C)c3OCC(=O)OC(C)(C)C)c3cccc4ccccc34)c2)ccc1OCC(=O)OC(C)(C)C. The number of fused-ring (bicyclic) bond motifs is 1. The van der Waals surface area contributed by atoms with Crippen molar-refractivity contribution in [3.05, 3.63) is 142 Å². The molecule has 1 unspecified atom stereocenters. The minimum absolute atomic E-state index is 0.0376. The number of aryl methyl sites for hydroxylation is 4. The van der Waals surface area contributed by atoms with E-state index in [2.05, 4.69) is 42.5 Å². The molecule has 0 radical (unpaired) electrons. The summed E-state index contributed by atoms with van der Waals surface area (Å²) in [6.45, 7) is 29.2. The molecule has 0 saturated carbocycles. The molecule has 75 heavy (non-hydrogen) atoms. The summed E-state index contributed by atoms with van der Waals surface area (Å²) in [7, 11) is 0. The Morgan fingerprint density at radius 1 is 0.413 bits per heavy atom. The van der Waals surface area contributed by atoms with Crippen molar-refractivity contribution in [2.45, 2.75) is 140 Å². The first-order valence-electron chi connectivity index (χ1n) is 25.6. The van der Waals surface area contributed by atoms with Crippen molar-refractivity contribution in [2.75, 3.05) is 26.4 Å². The lowest BCUT2D eigenvalue weighted by Gasteiger charge is -2.28. The molecule has 0 saturated heterocycles. The van der Waals surface area contributed by atoms with Crippen LogP contribution in [0, 0.1) is 33.1 Å². The number of esters is 3. The molecule has 0 spiro atoms. The third-order valence-corrected chi connectivity index (χ3v) is 11.8. The van der Waals surface area contributed by atoms with Gasteiger partial charge in [0.25, 0.3) is 0 Å². The summed E-state index contributed by atoms with van der Waals surface area (Å²) in [6.07, 6.45) is 0.321. The average molecular weight is 1020 g/mol. The molecule has 6 rings (SSSR count). The lowest BCUT2D eigenvalue weighted by atomic mass is 9.79. The Labute approximate surface area is 444 Å². The van der Waals surface area contributed by atoms with Crippen molar-refractivity contribution >= 4 is 34.5 Å². The lowest BCUT2D eigenvalue weighted by molar-refractivity contribution is -0.158. The number of hydrogen-bond donors (Lipinski definition) is 0. The van der Waals surface area contributed by atoms with Crippen molar-refractivity contribution in [3.63, 3.8) is 0 Å². The summed E-state index contributed by atoms with van der Waals surface area (Å²) in [5.41, 5.74) is 6.76. The highest BCUT2D eigenvalue weighted by Crippen LogP contribution is 2.48. The fraction of sp³-hybridized carbons (Fsp3) is 0.406. The van der Waals surface area contributed by atoms with Crippen LogP contribution in [0.4, 0.5) is 0 Å². The minimum atomic E-state index is -0.746. The zero-order chi connectivity index (χ0) is 55.2. The van der Waals surface area contributed by atoms with E-state index in [1.54, 1.807) is 0 Å². The second-order valence-corrected chi connectivity index (χ2v) is 23.6. The molecule has 1 atom stereocenters. The first-order valence-corrected chi connectivity index (χ1v) is 25.6. The van der Waals surface area contributed by atoms with Crippen LogP contribution in [0.3, 0.4) is 0 Å². The number of hydrogen-bond acceptors (Lipinski definition) is 11. The molecule has 0 amide bonds. The van der Waals surface area contributed by atoms with Crippen molar-refractivity contribution in [1.82, 2.24) is 0 Å². The van der Waals surface area contributed by atoms with Gasteiger partial charge in [0.2, 0.25) is 0 Å². The van der Waals surface area contributed by atoms with Crippen LogP contribution in [-0.2, 0) is 33.4 Å². The number of rotatable bonds is 18. The molecule has 0 bridgehead atoms. The normalized spacial score (nSPS) is 12.4. The molecule has 0 aromatic heterocycles. The molecule has 11 heteroatoms. The zero-order valence-electron chi connectivity index (χ0n) is 46.9. The van der Waals surface area contributed by atoms with Gasteiger partial charge in [-0.15, -0.1) is 0 Å². The van der Waals surface area contributed by atoms with E-state index in [0.29, 0.717) is 29.4 Å². The van der Waals surface area contributed by atoms with Crippen LogP contribution in [-0.4, -0.2) is 66.9 Å². The Balaban J connectivity index is 1.61. The van der Waals surface area contributed by atoms with Crippen LogP contribution in [0.1, 0.15) is 134 Å². The lowest BCUT2D eigenvalue weighted by Crippen LogP contribution is -2.27. The van der Waals surface area contributed by atoms with E-state index in [1.807, 2.05) is 171 Å². The Bertz CT molecular complexity index is 2890. The monoisotopic (exact) mass is 1020 g/mol. The molecular formula is C64H76O11. The first-order chi connectivity index (χ1) is 34.9. The molecule has 6 aromatic rings. The number of carbonyl (C=O) groups excluding carboxylic acids is 4. The second kappa shape index (κ2) is 23.2. The Morgan fingerprint density at radius 3 is 1.24 bits per heavy atom. The van der Waals surface area contributed by atoms with Crippen molar-refractivity contribution in [3.8, 4) is 45.3 Å². The van der Waals surface area contributed by atoms with Gasteiger partial charge in [0.05, 0.1) is 0 Å². The Hall–Kier alpha value is -7.14. The molecule has 398 valence electrons. The predicted molar refractivity (Wildman–Crippen MR) is 296 cm³/mol. The van der Waals surface area contributed by atoms with Gasteiger partial charge in [-0.3, -0.25) is 4.79 Å². The molecule has 0 aliphatic carbocycles. The van der Waals surface area contributed by atoms with Crippen LogP contribution < -0.4 is 18.9 Å². The van der Waals surface area contributed by atoms with Crippen LogP contribution in [0.25, 0.3) is 33.0 Å². The third kappa shape index (κ3) is 16.2. The smallest absolute Gasteiger partial charge is 0.344 e. The van der Waals surface area contributed by atoms with Gasteiger partial charge in [-0.1, -0.05) is 75.4 Å². The van der Waals surface area contributed by atoms with E-state index in [4.69, 9.17) is 33.2 Å². The maximum Gasteiger partial charge on any atom is 0.344 e. The Kier molecular flexibility index (Phi) is 17.7. The molecule has 0 aliphatic rings. The highest BCUT2D eigenvalue weighted by Gasteiger charge is 2.31. The van der Waals surface area contributed by atoms with E-state index in [0.717, 1.165) is 72.0 Å². The van der Waals surface area contributed by atoms with Crippen molar-refractivity contribution in [1.29, 1.82) is 0 Å². The minimum Gasteiger partial charge on any atom is -0.485 e. The third-order valence-electron chi connectivity index (χ3n) is 11.8. The van der Waals surface area contributed by atoms with Gasteiger partial charge in [-0.25, -0.2) is 14.4 Å². The number of carbonyl (C=O) groups is 4. The van der Waals surface area contributed by atoms with Gasteiger partial charge in [-0.05, 0) is 205 Å². The quantitative estimate of drug-likeness (QED) is 0.0463. The van der Waals surface area contributed by atoms with Gasteiger partial charge in [0.15, 0.2) is 25.6 Å². The van der Waals surface area contributed by atoms with E-state index < -0.39 is 40.6 Å². The summed E-state index contributed by atoms with van der Waals surface area (Å²) in [4.78, 5) is 52.5. The van der Waals surface area contributed by atoms with Gasteiger partial charge in [0, 0.05) is 23.5 Å². The summed E-state index contributed by atoms with van der Waals surface area (Å²) >= 11 is 0. The van der Waals surface area contributed by atoms with E-state index in [-0.39, 0.29) is 37.6 Å². The van der Waals surface area contributed by atoms with Gasteiger partial charge >= 0.3 is 17.9 Å². The van der Waals surface area contributed by atoms with Crippen LogP contribution in [0.2, 0.25) is 0 Å². The highest BCUT2D eigenvalue weighted by molar-refractivity contribution is 5.88. The number of benzene rings is 6.